The number of hydrogen-bond acceptors (Lipinski definition) is 12. The van der Waals surface area contributed by atoms with Gasteiger partial charge in [-0.25, -0.2) is 33.7 Å². The van der Waals surface area contributed by atoms with Gasteiger partial charge in [-0.15, -0.1) is 0 Å². The van der Waals surface area contributed by atoms with Gasteiger partial charge in [-0.05, 0) is 72.8 Å². The van der Waals surface area contributed by atoms with Crippen molar-refractivity contribution >= 4 is 96.1 Å². The van der Waals surface area contributed by atoms with E-state index in [1.165, 1.54) is 62.4 Å². The van der Waals surface area contributed by atoms with E-state index in [2.05, 4.69) is 40.5 Å². The molecule has 0 radical (unpaired) electrons. The third kappa shape index (κ3) is 10.3. The Morgan fingerprint density at radius 1 is 0.455 bits per heavy atom. The maximum absolute atomic E-state index is 13.0. The molecule has 18 nitrogen and oxygen atoms in total. The van der Waals surface area contributed by atoms with E-state index in [0.717, 1.165) is 12.5 Å². The second kappa shape index (κ2) is 18.2. The normalized spacial score (nSPS) is 11.9. The standard InChI is InChI=1S/2C22H20N4O5S2/c2*1-14(27)23-18-8-4-3-7-16(18)22-17-13-15(11-12-19(17)24-25-22)26-33(30,31)21-10-6-5-9-20(21)32(2,28)29/h2*3-13,26H,1-2H3,(H,23,27)(H,24,25). The SMILES string of the molecule is CC(=O)Nc1ccccc1-c1n[nH]c2ccc(NS(=O)(=O)c3ccccc3S(C)(=O)=O)cc12.CC(=O)Nc1ccccc1-c1n[nH]c2ccc(NS(=O)(=O)c3ccccc3S(C)(=O)=O)cc12. The zero-order valence-corrected chi connectivity index (χ0v) is 38.6. The molecular formula is C44H40N8O10S4. The monoisotopic (exact) mass is 968 g/mol. The Morgan fingerprint density at radius 2 is 0.788 bits per heavy atom. The predicted octanol–water partition coefficient (Wildman–Crippen LogP) is 6.79. The number of para-hydroxylation sites is 2. The van der Waals surface area contributed by atoms with Crippen molar-refractivity contribution in [1.29, 1.82) is 0 Å². The van der Waals surface area contributed by atoms with Crippen LogP contribution in [0.2, 0.25) is 0 Å². The summed E-state index contributed by atoms with van der Waals surface area (Å²) in [6.45, 7) is 2.81. The van der Waals surface area contributed by atoms with Crippen LogP contribution in [0.3, 0.4) is 0 Å². The number of sulfone groups is 2. The molecule has 0 saturated carbocycles. The van der Waals surface area contributed by atoms with Gasteiger partial charge in [0.15, 0.2) is 19.7 Å². The number of nitrogens with one attached hydrogen (secondary N) is 6. The van der Waals surface area contributed by atoms with E-state index < -0.39 is 39.7 Å². The number of anilines is 4. The summed E-state index contributed by atoms with van der Waals surface area (Å²) in [5.41, 5.74) is 5.24. The Balaban J connectivity index is 0.000000196. The molecule has 0 spiro atoms. The fraction of sp³-hybridized carbons (Fsp3) is 0.0909. The summed E-state index contributed by atoms with van der Waals surface area (Å²) >= 11 is 0. The molecule has 2 heterocycles. The summed E-state index contributed by atoms with van der Waals surface area (Å²) in [4.78, 5) is 21.9. The van der Waals surface area contributed by atoms with Gasteiger partial charge in [0, 0.05) is 59.6 Å². The van der Waals surface area contributed by atoms with Crippen LogP contribution in [0.15, 0.2) is 153 Å². The molecule has 8 rings (SSSR count). The van der Waals surface area contributed by atoms with Gasteiger partial charge in [0.2, 0.25) is 11.8 Å². The average Bonchev–Trinajstić information content (AvgIpc) is 3.87. The highest BCUT2D eigenvalue weighted by atomic mass is 32.2. The number of aromatic nitrogens is 4. The summed E-state index contributed by atoms with van der Waals surface area (Å²) in [5.74, 6) is -0.472. The van der Waals surface area contributed by atoms with E-state index in [1.54, 1.807) is 84.9 Å². The van der Waals surface area contributed by atoms with Crippen LogP contribution in [-0.2, 0) is 49.3 Å². The number of carbonyl (C=O) groups is 2. The number of carbonyl (C=O) groups excluding carboxylic acids is 2. The number of nitrogens with zero attached hydrogens (tertiary/aromatic N) is 2. The summed E-state index contributed by atoms with van der Waals surface area (Å²) in [7, 11) is -15.9. The zero-order chi connectivity index (χ0) is 47.6. The van der Waals surface area contributed by atoms with Crippen LogP contribution in [0.4, 0.5) is 22.7 Å². The Morgan fingerprint density at radius 3 is 1.14 bits per heavy atom. The Kier molecular flexibility index (Phi) is 12.9. The van der Waals surface area contributed by atoms with Gasteiger partial charge in [0.25, 0.3) is 20.0 Å². The fourth-order valence-electron chi connectivity index (χ4n) is 6.92. The van der Waals surface area contributed by atoms with Crippen molar-refractivity contribution in [1.82, 2.24) is 20.4 Å². The van der Waals surface area contributed by atoms with Gasteiger partial charge in [-0.2, -0.15) is 10.2 Å². The van der Waals surface area contributed by atoms with Gasteiger partial charge in [-0.3, -0.25) is 29.2 Å². The topological polar surface area (TPSA) is 276 Å². The Labute approximate surface area is 379 Å². The molecule has 2 amide bonds. The molecule has 6 N–H and O–H groups in total. The molecule has 0 saturated heterocycles. The summed E-state index contributed by atoms with van der Waals surface area (Å²) < 4.78 is 105. The lowest BCUT2D eigenvalue weighted by Crippen LogP contribution is -2.16. The van der Waals surface area contributed by atoms with Crippen LogP contribution in [-0.4, -0.2) is 78.4 Å². The van der Waals surface area contributed by atoms with Gasteiger partial charge in [0.1, 0.15) is 21.2 Å². The minimum atomic E-state index is -4.20. The van der Waals surface area contributed by atoms with Crippen LogP contribution in [0.25, 0.3) is 44.3 Å². The van der Waals surface area contributed by atoms with E-state index >= 15 is 0 Å². The van der Waals surface area contributed by atoms with Crippen molar-refractivity contribution < 1.29 is 43.3 Å². The first kappa shape index (κ1) is 46.6. The van der Waals surface area contributed by atoms with Crippen molar-refractivity contribution in [2.45, 2.75) is 33.4 Å². The number of rotatable bonds is 12. The lowest BCUT2D eigenvalue weighted by atomic mass is 10.1. The minimum Gasteiger partial charge on any atom is -0.326 e. The van der Waals surface area contributed by atoms with E-state index in [-0.39, 0.29) is 42.8 Å². The lowest BCUT2D eigenvalue weighted by Gasteiger charge is -2.12. The van der Waals surface area contributed by atoms with Crippen molar-refractivity contribution in [3.63, 3.8) is 0 Å². The molecule has 0 bridgehead atoms. The number of fused-ring (bicyclic) bond motifs is 2. The first-order valence-corrected chi connectivity index (χ1v) is 26.2. The molecule has 0 aliphatic heterocycles. The van der Waals surface area contributed by atoms with Crippen molar-refractivity contribution in [2.24, 2.45) is 0 Å². The van der Waals surface area contributed by atoms with Gasteiger partial charge < -0.3 is 10.6 Å². The maximum atomic E-state index is 13.0. The number of amides is 2. The van der Waals surface area contributed by atoms with Crippen molar-refractivity contribution in [2.75, 3.05) is 32.6 Å². The molecule has 340 valence electrons. The molecule has 0 unspecified atom stereocenters. The van der Waals surface area contributed by atoms with Crippen LogP contribution < -0.4 is 20.1 Å². The highest BCUT2D eigenvalue weighted by molar-refractivity contribution is 7.95. The van der Waals surface area contributed by atoms with Gasteiger partial charge in [0.05, 0.1) is 32.2 Å². The second-order valence-corrected chi connectivity index (χ2v) is 22.0. The Bertz CT molecular complexity index is 3430. The lowest BCUT2D eigenvalue weighted by molar-refractivity contribution is -0.115. The third-order valence-corrected chi connectivity index (χ3v) is 15.1. The van der Waals surface area contributed by atoms with Crippen LogP contribution >= 0.6 is 0 Å². The van der Waals surface area contributed by atoms with Gasteiger partial charge in [-0.1, -0.05) is 60.7 Å². The smallest absolute Gasteiger partial charge is 0.263 e. The third-order valence-electron chi connectivity index (χ3n) is 9.69. The summed E-state index contributed by atoms with van der Waals surface area (Å²) in [5, 5.41) is 21.2. The highest BCUT2D eigenvalue weighted by Crippen LogP contribution is 2.36. The molecule has 8 aromatic rings. The van der Waals surface area contributed by atoms with Crippen LogP contribution in [0.1, 0.15) is 13.8 Å². The number of benzene rings is 6. The molecule has 6 aromatic carbocycles. The summed E-state index contributed by atoms with van der Waals surface area (Å²) in [6.07, 6.45) is 1.91. The first-order chi connectivity index (χ1) is 31.1. The molecule has 0 fully saturated rings. The zero-order valence-electron chi connectivity index (χ0n) is 35.3. The average molecular weight is 969 g/mol. The van der Waals surface area contributed by atoms with Crippen molar-refractivity contribution in [3.05, 3.63) is 133 Å². The van der Waals surface area contributed by atoms with Gasteiger partial charge >= 0.3 is 0 Å². The fourth-order valence-corrected chi connectivity index (χ4v) is 12.3. The maximum Gasteiger partial charge on any atom is 0.263 e. The van der Waals surface area contributed by atoms with E-state index in [1.807, 2.05) is 0 Å². The number of aromatic amines is 2. The molecule has 0 aliphatic carbocycles. The predicted molar refractivity (Wildman–Crippen MR) is 252 cm³/mol. The second-order valence-electron chi connectivity index (χ2n) is 14.8. The number of sulfonamides is 2. The number of H-pyrrole nitrogens is 2. The highest BCUT2D eigenvalue weighted by Gasteiger charge is 2.26. The van der Waals surface area contributed by atoms with E-state index in [0.29, 0.717) is 55.7 Å². The molecule has 66 heavy (non-hydrogen) atoms. The molecule has 0 aliphatic rings. The first-order valence-electron chi connectivity index (χ1n) is 19.5. The molecule has 0 atom stereocenters. The molecular weight excluding hydrogens is 929 g/mol. The largest absolute Gasteiger partial charge is 0.326 e. The van der Waals surface area contributed by atoms with Crippen LogP contribution in [0, 0.1) is 0 Å². The quantitative estimate of drug-likeness (QED) is 0.0739. The Hall–Kier alpha value is -7.40. The number of hydrogen-bond donors (Lipinski definition) is 6. The van der Waals surface area contributed by atoms with Crippen LogP contribution in [0.5, 0.6) is 0 Å². The minimum absolute atomic E-state index is 0.227. The molecule has 2 aromatic heterocycles. The van der Waals surface area contributed by atoms with Crippen molar-refractivity contribution in [3.8, 4) is 22.5 Å². The molecule has 22 heteroatoms. The van der Waals surface area contributed by atoms with E-state index in [4.69, 9.17) is 0 Å². The van der Waals surface area contributed by atoms with E-state index in [9.17, 15) is 43.3 Å². The summed E-state index contributed by atoms with van der Waals surface area (Å²) in [6, 6.07) is 34.7.